The van der Waals surface area contributed by atoms with Crippen LogP contribution >= 0.6 is 11.6 Å². The van der Waals surface area contributed by atoms with E-state index in [-0.39, 0.29) is 12.0 Å². The van der Waals surface area contributed by atoms with Gasteiger partial charge in [-0.1, -0.05) is 73.8 Å². The number of unbranched alkanes of at least 4 members (excludes halogenated alkanes) is 1. The first-order chi connectivity index (χ1) is 22.1. The second kappa shape index (κ2) is 15.6. The fraction of sp³-hybridized carbons (Fsp3) is 0.324. The van der Waals surface area contributed by atoms with Crippen LogP contribution in [-0.4, -0.2) is 35.8 Å². The van der Waals surface area contributed by atoms with Gasteiger partial charge in [0.15, 0.2) is 0 Å². The molecule has 0 aliphatic rings. The van der Waals surface area contributed by atoms with Crippen LogP contribution < -0.4 is 20.3 Å². The minimum absolute atomic E-state index is 0.272. The molecule has 0 saturated carbocycles. The molecule has 46 heavy (non-hydrogen) atoms. The van der Waals surface area contributed by atoms with Gasteiger partial charge in [-0.05, 0) is 72.4 Å². The smallest absolute Gasteiger partial charge is 0.305 e. The van der Waals surface area contributed by atoms with Crippen molar-refractivity contribution >= 4 is 23.5 Å². The molecule has 1 amide bonds. The number of hydrogen-bond acceptors (Lipinski definition) is 5. The van der Waals surface area contributed by atoms with Crippen molar-refractivity contribution in [3.63, 3.8) is 0 Å². The molecule has 4 aromatic rings. The Morgan fingerprint density at radius 2 is 1.63 bits per heavy atom. The minimum Gasteiger partial charge on any atom is -0.496 e. The maximum absolute atomic E-state index is 14.0. The third kappa shape index (κ3) is 7.98. The van der Waals surface area contributed by atoms with Crippen LogP contribution in [-0.2, 0) is 16.0 Å². The van der Waals surface area contributed by atoms with Gasteiger partial charge < -0.3 is 24.5 Å². The van der Waals surface area contributed by atoms with Gasteiger partial charge in [-0.3, -0.25) is 14.4 Å². The highest BCUT2D eigenvalue weighted by molar-refractivity contribution is 6.31. The first-order valence-electron chi connectivity index (χ1n) is 15.4. The number of amides is 1. The summed E-state index contributed by atoms with van der Waals surface area (Å²) in [6, 6.07) is 18.6. The zero-order valence-electron chi connectivity index (χ0n) is 26.9. The zero-order valence-corrected chi connectivity index (χ0v) is 27.7. The molecule has 9 heteroatoms. The van der Waals surface area contributed by atoms with Crippen molar-refractivity contribution in [3.8, 4) is 22.6 Å². The van der Waals surface area contributed by atoms with E-state index < -0.39 is 24.0 Å². The summed E-state index contributed by atoms with van der Waals surface area (Å²) in [5.74, 6) is -0.207. The lowest BCUT2D eigenvalue weighted by atomic mass is 9.97. The standard InChI is InChI=1S/C37H41ClN2O6/c1-6-7-12-31(40-22-23(2)19-27(37(40)44)20-28-24(3)10-8-11-29(28)38)36(43)39-30(21-34(41)42)25-15-17-26(18-16-25)35-32(45-4)13-9-14-33(35)46-5/h8-11,13-19,22,30-31H,6-7,12,20-21H2,1-5H3,(H,39,43)(H,41,42)/t30-,31+/m0/s1. The Hall–Kier alpha value is -4.56. The van der Waals surface area contributed by atoms with E-state index in [1.807, 2.05) is 69.3 Å². The number of aliphatic carboxylic acids is 1. The van der Waals surface area contributed by atoms with Crippen LogP contribution in [0.3, 0.4) is 0 Å². The number of benzene rings is 3. The third-order valence-electron chi connectivity index (χ3n) is 8.17. The van der Waals surface area contributed by atoms with E-state index in [4.69, 9.17) is 21.1 Å². The van der Waals surface area contributed by atoms with Crippen LogP contribution in [0.2, 0.25) is 5.02 Å². The first-order valence-corrected chi connectivity index (χ1v) is 15.7. The molecule has 2 atom stereocenters. The van der Waals surface area contributed by atoms with Crippen LogP contribution in [0.5, 0.6) is 11.5 Å². The normalized spacial score (nSPS) is 12.3. The lowest BCUT2D eigenvalue weighted by molar-refractivity contribution is -0.138. The summed E-state index contributed by atoms with van der Waals surface area (Å²) in [6.07, 6.45) is 3.65. The molecule has 0 unspecified atom stereocenters. The minimum atomic E-state index is -1.06. The second-order valence-corrected chi connectivity index (χ2v) is 11.9. The number of pyridine rings is 1. The van der Waals surface area contributed by atoms with Crippen molar-refractivity contribution in [2.75, 3.05) is 14.2 Å². The number of aromatic nitrogens is 1. The van der Waals surface area contributed by atoms with Gasteiger partial charge in [0.1, 0.15) is 17.5 Å². The molecule has 1 heterocycles. The zero-order chi connectivity index (χ0) is 33.4. The summed E-state index contributed by atoms with van der Waals surface area (Å²) in [7, 11) is 3.17. The molecule has 0 bridgehead atoms. The van der Waals surface area contributed by atoms with Gasteiger partial charge in [0.25, 0.3) is 5.56 Å². The molecule has 1 aromatic heterocycles. The van der Waals surface area contributed by atoms with Crippen molar-refractivity contribution in [2.24, 2.45) is 0 Å². The fourth-order valence-corrected chi connectivity index (χ4v) is 6.05. The van der Waals surface area contributed by atoms with E-state index in [0.717, 1.165) is 34.2 Å². The molecule has 0 saturated heterocycles. The van der Waals surface area contributed by atoms with Gasteiger partial charge in [-0.15, -0.1) is 0 Å². The Balaban J connectivity index is 1.68. The van der Waals surface area contributed by atoms with E-state index in [1.165, 1.54) is 4.57 Å². The van der Waals surface area contributed by atoms with E-state index in [9.17, 15) is 19.5 Å². The van der Waals surface area contributed by atoms with E-state index in [1.54, 1.807) is 38.6 Å². The summed E-state index contributed by atoms with van der Waals surface area (Å²) in [5, 5.41) is 13.3. The summed E-state index contributed by atoms with van der Waals surface area (Å²) in [6.45, 7) is 5.86. The third-order valence-corrected chi connectivity index (χ3v) is 8.52. The molecule has 0 aliphatic heterocycles. The number of carboxylic acids is 1. The molecule has 3 aromatic carbocycles. The monoisotopic (exact) mass is 644 g/mol. The van der Waals surface area contributed by atoms with Crippen molar-refractivity contribution in [1.29, 1.82) is 0 Å². The van der Waals surface area contributed by atoms with Gasteiger partial charge in [0, 0.05) is 23.2 Å². The van der Waals surface area contributed by atoms with Crippen molar-refractivity contribution in [3.05, 3.63) is 116 Å². The van der Waals surface area contributed by atoms with E-state index >= 15 is 0 Å². The number of nitrogens with zero attached hydrogens (tertiary/aromatic N) is 1. The maximum Gasteiger partial charge on any atom is 0.305 e. The summed E-state index contributed by atoms with van der Waals surface area (Å²) < 4.78 is 12.6. The summed E-state index contributed by atoms with van der Waals surface area (Å²) in [5.41, 5.74) is 5.13. The van der Waals surface area contributed by atoms with Crippen molar-refractivity contribution in [1.82, 2.24) is 9.88 Å². The number of carbonyl (C=O) groups excluding carboxylic acids is 1. The predicted octanol–water partition coefficient (Wildman–Crippen LogP) is 7.46. The molecule has 4 rings (SSSR count). The van der Waals surface area contributed by atoms with E-state index in [0.29, 0.717) is 46.9 Å². The molecule has 8 nitrogen and oxygen atoms in total. The quantitative estimate of drug-likeness (QED) is 0.148. The van der Waals surface area contributed by atoms with Crippen LogP contribution in [0.25, 0.3) is 11.1 Å². The molecular weight excluding hydrogens is 604 g/mol. The highest BCUT2D eigenvalue weighted by Crippen LogP contribution is 2.38. The van der Waals surface area contributed by atoms with Gasteiger partial charge in [0.05, 0.1) is 32.2 Å². The number of aryl methyl sites for hydroxylation is 2. The van der Waals surface area contributed by atoms with Crippen molar-refractivity contribution in [2.45, 2.75) is 65.0 Å². The number of methoxy groups -OCH3 is 2. The summed E-state index contributed by atoms with van der Waals surface area (Å²) >= 11 is 6.49. The molecule has 0 fully saturated rings. The number of halogens is 1. The van der Waals surface area contributed by atoms with Crippen molar-refractivity contribution < 1.29 is 24.2 Å². The molecule has 0 radical (unpaired) electrons. The molecule has 2 N–H and O–H groups in total. The molecular formula is C37H41ClN2O6. The van der Waals surface area contributed by atoms with Gasteiger partial charge in [0.2, 0.25) is 5.91 Å². The summed E-state index contributed by atoms with van der Waals surface area (Å²) in [4.78, 5) is 39.8. The Bertz CT molecular complexity index is 1710. The highest BCUT2D eigenvalue weighted by Gasteiger charge is 2.27. The maximum atomic E-state index is 14.0. The van der Waals surface area contributed by atoms with Gasteiger partial charge in [-0.25, -0.2) is 0 Å². The molecule has 0 aliphatic carbocycles. The topological polar surface area (TPSA) is 107 Å². The van der Waals surface area contributed by atoms with Crippen LogP contribution in [0, 0.1) is 13.8 Å². The Labute approximate surface area is 275 Å². The van der Waals surface area contributed by atoms with Gasteiger partial charge in [-0.2, -0.15) is 0 Å². The number of ether oxygens (including phenoxy) is 2. The Morgan fingerprint density at radius 3 is 2.22 bits per heavy atom. The number of carbonyl (C=O) groups is 2. The number of nitrogens with one attached hydrogen (secondary N) is 1. The van der Waals surface area contributed by atoms with Crippen LogP contribution in [0.15, 0.2) is 77.7 Å². The van der Waals surface area contributed by atoms with Crippen LogP contribution in [0.4, 0.5) is 0 Å². The number of carboxylic acid groups (broad SMARTS) is 1. The second-order valence-electron chi connectivity index (χ2n) is 11.4. The average Bonchev–Trinajstić information content (AvgIpc) is 3.04. The first kappa shape index (κ1) is 34.3. The SMILES string of the molecule is CCCC[C@H](C(=O)N[C@@H](CC(=O)O)c1ccc(-c2c(OC)cccc2OC)cc1)n1cc(C)cc(Cc2c(C)cccc2Cl)c1=O. The molecule has 0 spiro atoms. The van der Waals surface area contributed by atoms with Gasteiger partial charge >= 0.3 is 5.97 Å². The number of hydrogen-bond donors (Lipinski definition) is 2. The van der Waals surface area contributed by atoms with E-state index in [2.05, 4.69) is 5.32 Å². The highest BCUT2D eigenvalue weighted by atomic mass is 35.5. The Morgan fingerprint density at radius 1 is 0.978 bits per heavy atom. The van der Waals surface area contributed by atoms with Crippen LogP contribution in [0.1, 0.15) is 72.5 Å². The lowest BCUT2D eigenvalue weighted by Crippen LogP contribution is -2.40. The lowest BCUT2D eigenvalue weighted by Gasteiger charge is -2.25. The molecule has 242 valence electrons. The average molecular weight is 645 g/mol. The Kier molecular flexibility index (Phi) is 11.7. The largest absolute Gasteiger partial charge is 0.496 e. The number of rotatable bonds is 14. The fourth-order valence-electron chi connectivity index (χ4n) is 5.76. The predicted molar refractivity (Wildman–Crippen MR) is 181 cm³/mol.